The highest BCUT2D eigenvalue weighted by molar-refractivity contribution is 5.99. The third-order valence-electron chi connectivity index (χ3n) is 7.41. The van der Waals surface area contributed by atoms with Crippen LogP contribution in [0.3, 0.4) is 0 Å². The number of anilines is 1. The second-order valence-corrected chi connectivity index (χ2v) is 9.64. The Morgan fingerprint density at radius 1 is 0.838 bits per heavy atom. The minimum Gasteiger partial charge on any atom is -0.504 e. The number of nitrogens with zero attached hydrogens (tertiary/aromatic N) is 3. The molecule has 0 unspecified atom stereocenters. The summed E-state index contributed by atoms with van der Waals surface area (Å²) < 4.78 is 4.71. The Morgan fingerprint density at radius 3 is 2.24 bits per heavy atom. The molecule has 8 heteroatoms. The molecule has 2 aromatic heterocycles. The number of hydrogen-bond donors (Lipinski definition) is 3. The van der Waals surface area contributed by atoms with Gasteiger partial charge in [0.1, 0.15) is 0 Å². The van der Waals surface area contributed by atoms with E-state index in [0.29, 0.717) is 27.9 Å². The summed E-state index contributed by atoms with van der Waals surface area (Å²) in [5.74, 6) is -0.474. The van der Waals surface area contributed by atoms with Crippen molar-refractivity contribution in [3.8, 4) is 28.4 Å². The average Bonchev–Trinajstić information content (AvgIpc) is 3.25. The van der Waals surface area contributed by atoms with Crippen molar-refractivity contribution in [3.05, 3.63) is 104 Å². The Bertz CT molecular complexity index is 1860. The van der Waals surface area contributed by atoms with Crippen LogP contribution in [0.1, 0.15) is 28.4 Å². The number of nitrogens with one attached hydrogen (secondary N) is 1. The first kappa shape index (κ1) is 22.7. The van der Waals surface area contributed by atoms with E-state index in [1.807, 2.05) is 44.2 Å². The molecule has 3 aromatic carbocycles. The number of aromatic hydroxyl groups is 2. The Balaban J connectivity index is 1.87. The number of benzene rings is 3. The molecular weight excluding hydrogens is 468 g/mol. The predicted octanol–water partition coefficient (Wildman–Crippen LogP) is 4.24. The molecule has 0 aliphatic carbocycles. The van der Waals surface area contributed by atoms with Crippen molar-refractivity contribution in [2.24, 2.45) is 14.1 Å². The molecule has 1 atom stereocenters. The number of aryl methyl sites for hydroxylation is 3. The second-order valence-electron chi connectivity index (χ2n) is 9.64. The molecule has 186 valence electrons. The summed E-state index contributed by atoms with van der Waals surface area (Å²) in [6.07, 6.45) is 0. The lowest BCUT2D eigenvalue weighted by Gasteiger charge is -2.32. The fourth-order valence-corrected chi connectivity index (χ4v) is 5.37. The minimum absolute atomic E-state index is 0.224. The maximum Gasteiger partial charge on any atom is 0.331 e. The number of hydrogen-bond acceptors (Lipinski definition) is 5. The Hall–Kier alpha value is -4.72. The zero-order valence-electron chi connectivity index (χ0n) is 20.9. The van der Waals surface area contributed by atoms with Gasteiger partial charge in [0.25, 0.3) is 5.56 Å². The van der Waals surface area contributed by atoms with E-state index in [4.69, 9.17) is 0 Å². The second kappa shape index (κ2) is 7.89. The molecule has 0 bridgehead atoms. The zero-order valence-corrected chi connectivity index (χ0v) is 20.9. The third-order valence-corrected chi connectivity index (χ3v) is 7.41. The summed E-state index contributed by atoms with van der Waals surface area (Å²) in [5.41, 5.74) is 6.53. The van der Waals surface area contributed by atoms with Crippen molar-refractivity contribution in [1.29, 1.82) is 0 Å². The van der Waals surface area contributed by atoms with Crippen LogP contribution in [0, 0.1) is 13.8 Å². The Morgan fingerprint density at radius 2 is 1.54 bits per heavy atom. The molecule has 0 fully saturated rings. The number of phenols is 2. The average molecular weight is 495 g/mol. The number of aromatic nitrogens is 3. The van der Waals surface area contributed by atoms with E-state index in [-0.39, 0.29) is 17.1 Å². The van der Waals surface area contributed by atoms with Gasteiger partial charge < -0.3 is 20.1 Å². The van der Waals surface area contributed by atoms with Gasteiger partial charge in [-0.05, 0) is 60.4 Å². The van der Waals surface area contributed by atoms with Gasteiger partial charge in [-0.2, -0.15) is 0 Å². The van der Waals surface area contributed by atoms with Crippen LogP contribution in [0.2, 0.25) is 0 Å². The molecule has 8 nitrogen and oxygen atoms in total. The van der Waals surface area contributed by atoms with E-state index in [1.165, 1.54) is 23.7 Å². The normalized spacial score (nSPS) is 14.3. The van der Waals surface area contributed by atoms with Crippen LogP contribution in [0.25, 0.3) is 27.8 Å². The Kier molecular flexibility index (Phi) is 4.85. The molecule has 0 radical (unpaired) electrons. The van der Waals surface area contributed by atoms with E-state index in [1.54, 1.807) is 13.1 Å². The fraction of sp³-hybridized carbons (Fsp3) is 0.172. The SMILES string of the molecule is Cc1cc2c(cc1C)-n1c(-c3ccccc3)c3c(=O)n(C)c(=O)n(C)c3c1[C@@H](c1ccc(O)c(O)c1)N2. The molecule has 1 aliphatic rings. The number of phenolic OH excluding ortho intramolecular Hbond substituents is 2. The highest BCUT2D eigenvalue weighted by Crippen LogP contribution is 2.46. The van der Waals surface area contributed by atoms with Gasteiger partial charge in [-0.15, -0.1) is 0 Å². The van der Waals surface area contributed by atoms with Gasteiger partial charge in [-0.25, -0.2) is 4.79 Å². The van der Waals surface area contributed by atoms with Crippen LogP contribution in [0.15, 0.2) is 70.3 Å². The molecule has 0 saturated carbocycles. The van der Waals surface area contributed by atoms with Gasteiger partial charge in [0, 0.05) is 14.1 Å². The number of rotatable bonds is 2. The summed E-state index contributed by atoms with van der Waals surface area (Å²) in [5, 5.41) is 24.3. The van der Waals surface area contributed by atoms with Gasteiger partial charge in [0.2, 0.25) is 0 Å². The van der Waals surface area contributed by atoms with E-state index in [9.17, 15) is 19.8 Å². The van der Waals surface area contributed by atoms with Crippen LogP contribution < -0.4 is 16.6 Å². The summed E-state index contributed by atoms with van der Waals surface area (Å²) in [7, 11) is 3.16. The first-order chi connectivity index (χ1) is 17.7. The monoisotopic (exact) mass is 494 g/mol. The van der Waals surface area contributed by atoms with Crippen LogP contribution >= 0.6 is 0 Å². The van der Waals surface area contributed by atoms with Crippen LogP contribution in [-0.2, 0) is 14.1 Å². The third kappa shape index (κ3) is 3.15. The minimum atomic E-state index is -0.529. The molecule has 0 amide bonds. The van der Waals surface area contributed by atoms with Crippen molar-refractivity contribution < 1.29 is 10.2 Å². The lowest BCUT2D eigenvalue weighted by Crippen LogP contribution is -2.37. The molecule has 1 aliphatic heterocycles. The van der Waals surface area contributed by atoms with E-state index in [2.05, 4.69) is 22.0 Å². The molecular formula is C29H26N4O4. The largest absolute Gasteiger partial charge is 0.504 e. The molecule has 0 spiro atoms. The maximum atomic E-state index is 13.7. The fourth-order valence-electron chi connectivity index (χ4n) is 5.37. The summed E-state index contributed by atoms with van der Waals surface area (Å²) in [6, 6.07) is 18.0. The predicted molar refractivity (Wildman–Crippen MR) is 144 cm³/mol. The first-order valence-corrected chi connectivity index (χ1v) is 12.0. The highest BCUT2D eigenvalue weighted by atomic mass is 16.3. The lowest BCUT2D eigenvalue weighted by atomic mass is 9.97. The van der Waals surface area contributed by atoms with Crippen molar-refractivity contribution in [1.82, 2.24) is 13.7 Å². The van der Waals surface area contributed by atoms with Crippen molar-refractivity contribution in [2.45, 2.75) is 19.9 Å². The summed E-state index contributed by atoms with van der Waals surface area (Å²) in [6.45, 7) is 4.08. The molecule has 3 heterocycles. The van der Waals surface area contributed by atoms with Crippen molar-refractivity contribution in [2.75, 3.05) is 5.32 Å². The van der Waals surface area contributed by atoms with E-state index >= 15 is 0 Å². The van der Waals surface area contributed by atoms with E-state index in [0.717, 1.165) is 32.6 Å². The number of fused-ring (bicyclic) bond motifs is 5. The highest BCUT2D eigenvalue weighted by Gasteiger charge is 2.35. The molecule has 0 saturated heterocycles. The quantitative estimate of drug-likeness (QED) is 0.319. The Labute approximate surface area is 212 Å². The summed E-state index contributed by atoms with van der Waals surface area (Å²) >= 11 is 0. The van der Waals surface area contributed by atoms with Crippen molar-refractivity contribution >= 4 is 16.6 Å². The van der Waals surface area contributed by atoms with Gasteiger partial charge in [0.15, 0.2) is 11.5 Å². The smallest absolute Gasteiger partial charge is 0.331 e. The molecule has 3 N–H and O–H groups in total. The van der Waals surface area contributed by atoms with E-state index < -0.39 is 11.7 Å². The molecule has 5 aromatic rings. The van der Waals surface area contributed by atoms with Gasteiger partial charge >= 0.3 is 5.69 Å². The van der Waals surface area contributed by atoms with Crippen LogP contribution in [0.5, 0.6) is 11.5 Å². The summed E-state index contributed by atoms with van der Waals surface area (Å²) in [4.78, 5) is 26.9. The zero-order chi connectivity index (χ0) is 26.2. The lowest BCUT2D eigenvalue weighted by molar-refractivity contribution is 0.403. The van der Waals surface area contributed by atoms with Crippen LogP contribution in [0.4, 0.5) is 5.69 Å². The van der Waals surface area contributed by atoms with Crippen LogP contribution in [-0.4, -0.2) is 23.9 Å². The first-order valence-electron chi connectivity index (χ1n) is 12.0. The topological polar surface area (TPSA) is 101 Å². The molecule has 37 heavy (non-hydrogen) atoms. The standard InChI is InChI=1S/C29H26N4O4/c1-15-12-19-20(13-16(15)2)33-25(17-8-6-5-7-9-17)23-26(31(3)29(37)32(4)28(23)36)27(33)24(30-19)18-10-11-21(34)22(35)14-18/h5-14,24,30,34-35H,1-4H3/t24-/m1/s1. The van der Waals surface area contributed by atoms with Gasteiger partial charge in [0.05, 0.1) is 39.7 Å². The van der Waals surface area contributed by atoms with Gasteiger partial charge in [-0.1, -0.05) is 36.4 Å². The molecule has 6 rings (SSSR count). The van der Waals surface area contributed by atoms with Crippen molar-refractivity contribution in [3.63, 3.8) is 0 Å². The van der Waals surface area contributed by atoms with Gasteiger partial charge in [-0.3, -0.25) is 13.9 Å². The maximum absolute atomic E-state index is 13.7.